The fraction of sp³-hybridized carbons (Fsp3) is 0.415. The normalized spacial score (nSPS) is 19.0. The smallest absolute Gasteiger partial charge is 0.333 e. The summed E-state index contributed by atoms with van der Waals surface area (Å²) in [5, 5.41) is 2.76. The van der Waals surface area contributed by atoms with E-state index in [2.05, 4.69) is 287 Å². The van der Waals surface area contributed by atoms with Crippen LogP contribution < -0.4 is 25.5 Å². The molecule has 446 valence electrons. The monoisotopic (exact) mass is 1160 g/mol. The van der Waals surface area contributed by atoms with Crippen LogP contribution in [0.4, 0.5) is 45.5 Å². The summed E-state index contributed by atoms with van der Waals surface area (Å²) in [5.74, 6) is 0. The maximum Gasteiger partial charge on any atom is 0.333 e. The summed E-state index contributed by atoms with van der Waals surface area (Å²) in [7, 11) is 0. The van der Waals surface area contributed by atoms with Gasteiger partial charge in [-0.3, -0.25) is 0 Å². The predicted molar refractivity (Wildman–Crippen MR) is 380 cm³/mol. The summed E-state index contributed by atoms with van der Waals surface area (Å²) in [6, 6.07) is 54.7. The van der Waals surface area contributed by atoms with Gasteiger partial charge in [0.15, 0.2) is 0 Å². The minimum atomic E-state index is -0.127. The highest BCUT2D eigenvalue weighted by Gasteiger charge is 2.48. The molecule has 14 rings (SSSR count). The molecule has 3 aliphatic carbocycles. The Morgan fingerprint density at radius 1 is 0.402 bits per heavy atom. The predicted octanol–water partition coefficient (Wildman–Crippen LogP) is 22.5. The van der Waals surface area contributed by atoms with Crippen LogP contribution in [-0.2, 0) is 43.3 Å². The zero-order valence-electron chi connectivity index (χ0n) is 56.3. The van der Waals surface area contributed by atoms with Crippen molar-refractivity contribution in [3.63, 3.8) is 0 Å². The molecule has 5 aliphatic rings. The summed E-state index contributed by atoms with van der Waals surface area (Å²) >= 11 is 2.01. The summed E-state index contributed by atoms with van der Waals surface area (Å²) in [6.45, 7) is 48.3. The number of hydrogen-bond acceptors (Lipinski definition) is 4. The topological polar surface area (TPSA) is 9.72 Å². The largest absolute Gasteiger partial charge is 0.376 e. The first-order chi connectivity index (χ1) is 40.6. The summed E-state index contributed by atoms with van der Waals surface area (Å²) in [6.07, 6.45) is 7.07. The highest BCUT2D eigenvalue weighted by Crippen LogP contribution is 2.56. The molecule has 3 nitrogen and oxygen atoms in total. The molecule has 8 aromatic carbocycles. The maximum atomic E-state index is 2.79. The molecule has 87 heavy (non-hydrogen) atoms. The van der Waals surface area contributed by atoms with Gasteiger partial charge in [0.05, 0.1) is 0 Å². The first kappa shape index (κ1) is 58.1. The molecule has 0 radical (unpaired) electrons. The third-order valence-electron chi connectivity index (χ3n) is 22.5. The lowest BCUT2D eigenvalue weighted by molar-refractivity contribution is 0.332. The Morgan fingerprint density at radius 3 is 1.43 bits per heavy atom. The molecule has 0 unspecified atom stereocenters. The van der Waals surface area contributed by atoms with Gasteiger partial charge in [-0.2, -0.15) is 0 Å². The number of hydrogen-bond donors (Lipinski definition) is 0. The Bertz CT molecular complexity index is 4280. The van der Waals surface area contributed by atoms with Crippen molar-refractivity contribution in [2.75, 3.05) is 14.6 Å². The van der Waals surface area contributed by atoms with Gasteiger partial charge >= 0.3 is 6.85 Å². The molecule has 0 saturated heterocycles. The molecule has 0 fully saturated rings. The second kappa shape index (κ2) is 19.0. The number of aryl methyl sites for hydroxylation is 2. The number of rotatable bonds is 5. The van der Waals surface area contributed by atoms with Crippen molar-refractivity contribution in [2.24, 2.45) is 0 Å². The SMILES string of the molecule is Cc1cc2c3c(c1)N(c1cc4c(cc1C)C(C)(C)CCC4(C)C)c1cc4c(cc1B3N(c1ccc3c(c1)C(C)(C)CCC3(C)C)c1ccc(N(c3ccc(C(C)(C)C)cc3)c3ccc(C(C)(C)C)cc3)cc1-2)sc1cc2c(cc14)C(C)(C)CCC2(C)C. The average Bonchev–Trinajstić information content (AvgIpc) is 1.48. The lowest BCUT2D eigenvalue weighted by Gasteiger charge is -2.48. The molecule has 0 atom stereocenters. The van der Waals surface area contributed by atoms with Gasteiger partial charge in [0, 0.05) is 71.2 Å². The van der Waals surface area contributed by atoms with E-state index >= 15 is 0 Å². The standard InChI is InChI=1S/C82H94BN3S/c1-49-39-60-57-42-55(84(53-25-21-51(22-26-53)75(3,4)5)54-27-23-52(24-28-54)76(6,7)8)30-32-68(57)86(56-29-31-61-63(43-56)79(13,14)34-33-77(61,9)10)83-67-48-73-59(58-44-64-66(47-72(58)87-73)82(19,20)38-36-80(64,15)16)45-70(67)85(71(40-49)74(60)83)69-46-65-62(41-50(69)2)78(11,12)35-37-81(65,17)18/h21-32,39-48H,33-38H2,1-20H3. The molecular formula is C82H94BN3S. The van der Waals surface area contributed by atoms with Crippen molar-refractivity contribution < 1.29 is 0 Å². The van der Waals surface area contributed by atoms with Gasteiger partial charge in [-0.1, -0.05) is 167 Å². The average molecular weight is 1160 g/mol. The summed E-state index contributed by atoms with van der Waals surface area (Å²) < 4.78 is 2.76. The van der Waals surface area contributed by atoms with E-state index in [4.69, 9.17) is 0 Å². The van der Waals surface area contributed by atoms with Gasteiger partial charge in [-0.05, 0) is 259 Å². The van der Waals surface area contributed by atoms with Crippen molar-refractivity contribution in [1.29, 1.82) is 0 Å². The second-order valence-corrected chi connectivity index (χ2v) is 34.7. The lowest BCUT2D eigenvalue weighted by atomic mass is 9.43. The van der Waals surface area contributed by atoms with E-state index in [-0.39, 0.29) is 50.2 Å². The van der Waals surface area contributed by atoms with Crippen LogP contribution in [0.2, 0.25) is 0 Å². The minimum absolute atomic E-state index is 0.0220. The fourth-order valence-electron chi connectivity index (χ4n) is 16.4. The first-order valence-electron chi connectivity index (χ1n) is 32.9. The van der Waals surface area contributed by atoms with Crippen LogP contribution in [0.25, 0.3) is 31.3 Å². The molecule has 0 saturated carbocycles. The van der Waals surface area contributed by atoms with E-state index in [9.17, 15) is 0 Å². The molecular weight excluding hydrogens is 1070 g/mol. The molecule has 3 heterocycles. The van der Waals surface area contributed by atoms with Crippen molar-refractivity contribution in [3.8, 4) is 11.1 Å². The van der Waals surface area contributed by atoms with Crippen molar-refractivity contribution in [3.05, 3.63) is 189 Å². The van der Waals surface area contributed by atoms with Crippen LogP contribution in [0.15, 0.2) is 133 Å². The number of benzene rings is 8. The van der Waals surface area contributed by atoms with Gasteiger partial charge in [-0.15, -0.1) is 11.3 Å². The van der Waals surface area contributed by atoms with Gasteiger partial charge in [0.1, 0.15) is 0 Å². The van der Waals surface area contributed by atoms with Crippen LogP contribution in [0.5, 0.6) is 0 Å². The van der Waals surface area contributed by atoms with Gasteiger partial charge in [0.2, 0.25) is 0 Å². The second-order valence-electron chi connectivity index (χ2n) is 33.6. The maximum absolute atomic E-state index is 2.79. The van der Waals surface area contributed by atoms with E-state index in [1.165, 1.54) is 152 Å². The Kier molecular flexibility index (Phi) is 12.7. The summed E-state index contributed by atoms with van der Waals surface area (Å²) in [4.78, 5) is 8.05. The van der Waals surface area contributed by atoms with E-state index in [0.29, 0.717) is 0 Å². The van der Waals surface area contributed by atoms with Crippen LogP contribution >= 0.6 is 11.3 Å². The van der Waals surface area contributed by atoms with Gasteiger partial charge < -0.3 is 14.6 Å². The molecule has 0 spiro atoms. The highest BCUT2D eigenvalue weighted by molar-refractivity contribution is 7.26. The zero-order valence-corrected chi connectivity index (χ0v) is 57.1. The Balaban J connectivity index is 1.08. The molecule has 2 aliphatic heterocycles. The molecule has 0 bridgehead atoms. The third kappa shape index (κ3) is 9.13. The number of nitrogens with zero attached hydrogens (tertiary/aromatic N) is 3. The molecule has 5 heteroatoms. The van der Waals surface area contributed by atoms with Crippen LogP contribution in [0.1, 0.15) is 219 Å². The zero-order chi connectivity index (χ0) is 61.8. The first-order valence-corrected chi connectivity index (χ1v) is 33.7. The molecule has 0 amide bonds. The van der Waals surface area contributed by atoms with Crippen LogP contribution in [0.3, 0.4) is 0 Å². The summed E-state index contributed by atoms with van der Waals surface area (Å²) in [5.41, 5.74) is 29.9. The van der Waals surface area contributed by atoms with Crippen molar-refractivity contribution in [2.45, 2.75) is 220 Å². The van der Waals surface area contributed by atoms with E-state index in [0.717, 1.165) is 29.9 Å². The Morgan fingerprint density at radius 2 is 0.874 bits per heavy atom. The Hall–Kier alpha value is -6.56. The van der Waals surface area contributed by atoms with Crippen molar-refractivity contribution in [1.82, 2.24) is 0 Å². The molecule has 0 N–H and O–H groups in total. The number of fused-ring (bicyclic) bond motifs is 10. The molecule has 9 aromatic rings. The minimum Gasteiger partial charge on any atom is -0.376 e. The van der Waals surface area contributed by atoms with Gasteiger partial charge in [0.25, 0.3) is 0 Å². The fourth-order valence-corrected chi connectivity index (χ4v) is 17.6. The third-order valence-corrected chi connectivity index (χ3v) is 23.6. The quantitative estimate of drug-likeness (QED) is 0.159. The van der Waals surface area contributed by atoms with E-state index < -0.39 is 0 Å². The number of thiophene rings is 1. The van der Waals surface area contributed by atoms with Crippen LogP contribution in [0, 0.1) is 13.8 Å². The van der Waals surface area contributed by atoms with Crippen molar-refractivity contribution >= 4 is 94.8 Å². The highest BCUT2D eigenvalue weighted by atomic mass is 32.1. The van der Waals surface area contributed by atoms with E-state index in [1.54, 1.807) is 0 Å². The number of anilines is 8. The van der Waals surface area contributed by atoms with Crippen LogP contribution in [-0.4, -0.2) is 6.85 Å². The molecule has 1 aromatic heterocycles. The van der Waals surface area contributed by atoms with Gasteiger partial charge in [-0.25, -0.2) is 0 Å². The lowest BCUT2D eigenvalue weighted by Crippen LogP contribution is -2.61. The Labute approximate surface area is 526 Å². The van der Waals surface area contributed by atoms with E-state index in [1.807, 2.05) is 11.3 Å².